The van der Waals surface area contributed by atoms with Crippen molar-refractivity contribution in [2.45, 2.75) is 12.8 Å². The Morgan fingerprint density at radius 3 is 1.38 bits per heavy atom. The number of rotatable bonds is 4. The Balaban J connectivity index is 2.05. The minimum Gasteiger partial charge on any atom is -0.0622 e. The molecule has 0 spiro atoms. The van der Waals surface area contributed by atoms with Gasteiger partial charge in [0.15, 0.2) is 0 Å². The van der Waals surface area contributed by atoms with Gasteiger partial charge >= 0.3 is 0 Å². The minimum atomic E-state index is 0.301. The molecule has 1 radical (unpaired) electrons. The van der Waals surface area contributed by atoms with E-state index in [1.54, 1.807) is 0 Å². The third-order valence-corrected chi connectivity index (χ3v) is 3.93. The van der Waals surface area contributed by atoms with Gasteiger partial charge in [-0.25, -0.2) is 0 Å². The van der Waals surface area contributed by atoms with Gasteiger partial charge in [-0.1, -0.05) is 97.9 Å². The quantitative estimate of drug-likeness (QED) is 0.591. The van der Waals surface area contributed by atoms with Crippen molar-refractivity contribution in [2.75, 3.05) is 0 Å². The maximum absolute atomic E-state index is 2.24. The van der Waals surface area contributed by atoms with Gasteiger partial charge in [-0.2, -0.15) is 0 Å². The molecule has 103 valence electrons. The lowest BCUT2D eigenvalue weighted by Gasteiger charge is -2.25. The first-order valence-corrected chi connectivity index (χ1v) is 7.35. The summed E-state index contributed by atoms with van der Waals surface area (Å²) >= 11 is 0. The molecule has 0 nitrogen and oxygen atoms in total. The minimum absolute atomic E-state index is 0.301. The van der Waals surface area contributed by atoms with E-state index in [1.165, 1.54) is 22.6 Å². The molecule has 21 heavy (non-hydrogen) atoms. The molecule has 0 saturated carbocycles. The van der Waals surface area contributed by atoms with Crippen LogP contribution in [0.4, 0.5) is 0 Å². The van der Waals surface area contributed by atoms with Crippen LogP contribution in [0.25, 0.3) is 0 Å². The summed E-state index contributed by atoms with van der Waals surface area (Å²) in [6.07, 6.45) is 0. The molecule has 0 aliphatic heterocycles. The molecular weight excluding hydrogens is 252 g/mol. The first-order valence-electron chi connectivity index (χ1n) is 7.35. The largest absolute Gasteiger partial charge is 0.0622 e. The van der Waals surface area contributed by atoms with Crippen LogP contribution >= 0.6 is 0 Å². The van der Waals surface area contributed by atoms with Crippen molar-refractivity contribution >= 4 is 0 Å². The fourth-order valence-electron chi connectivity index (χ4n) is 2.85. The van der Waals surface area contributed by atoms with Crippen LogP contribution in [0.1, 0.15) is 29.5 Å². The molecule has 0 atom stereocenters. The van der Waals surface area contributed by atoms with Gasteiger partial charge in [0.25, 0.3) is 0 Å². The van der Waals surface area contributed by atoms with Gasteiger partial charge in [0, 0.05) is 11.8 Å². The van der Waals surface area contributed by atoms with Crippen LogP contribution < -0.4 is 0 Å². The fourth-order valence-corrected chi connectivity index (χ4v) is 2.85. The van der Waals surface area contributed by atoms with Crippen molar-refractivity contribution in [3.63, 3.8) is 0 Å². The van der Waals surface area contributed by atoms with Gasteiger partial charge < -0.3 is 0 Å². The summed E-state index contributed by atoms with van der Waals surface area (Å²) in [6.45, 7) is 2.24. The molecule has 0 fully saturated rings. The van der Waals surface area contributed by atoms with Crippen molar-refractivity contribution in [3.8, 4) is 0 Å². The second-order valence-electron chi connectivity index (χ2n) is 5.30. The molecule has 3 aromatic carbocycles. The second-order valence-corrected chi connectivity index (χ2v) is 5.30. The van der Waals surface area contributed by atoms with Crippen LogP contribution in [0.2, 0.25) is 0 Å². The highest BCUT2D eigenvalue weighted by atomic mass is 14.3. The van der Waals surface area contributed by atoms with Crippen molar-refractivity contribution in [3.05, 3.63) is 114 Å². The lowest BCUT2D eigenvalue weighted by molar-refractivity contribution is 0.845. The van der Waals surface area contributed by atoms with Crippen LogP contribution in [-0.2, 0) is 0 Å². The Morgan fingerprint density at radius 1 is 0.571 bits per heavy atom. The highest BCUT2D eigenvalue weighted by molar-refractivity contribution is 5.45. The van der Waals surface area contributed by atoms with E-state index in [9.17, 15) is 0 Å². The maximum Gasteiger partial charge on any atom is 0.0192 e. The van der Waals surface area contributed by atoms with Crippen LogP contribution in [0.5, 0.6) is 0 Å². The average molecular weight is 271 g/mol. The van der Waals surface area contributed by atoms with E-state index in [1.807, 2.05) is 0 Å². The first kappa shape index (κ1) is 13.6. The standard InChI is InChI=1S/C21H19/c1-17(18-11-5-2-6-12-18)21(19-13-7-3-8-14-19)20-15-9-4-10-16-20/h2-16,21H,1H3. The number of hydrogen-bond donors (Lipinski definition) is 0. The molecule has 0 unspecified atom stereocenters. The zero-order valence-electron chi connectivity index (χ0n) is 12.2. The normalized spacial score (nSPS) is 11.0. The lowest BCUT2D eigenvalue weighted by Crippen LogP contribution is -2.11. The number of hydrogen-bond acceptors (Lipinski definition) is 0. The van der Waals surface area contributed by atoms with Crippen LogP contribution in [0.3, 0.4) is 0 Å². The average Bonchev–Trinajstić information content (AvgIpc) is 2.58. The van der Waals surface area contributed by atoms with Crippen LogP contribution in [-0.4, -0.2) is 0 Å². The van der Waals surface area contributed by atoms with E-state index in [0.717, 1.165) is 0 Å². The van der Waals surface area contributed by atoms with Crippen molar-refractivity contribution in [1.82, 2.24) is 0 Å². The summed E-state index contributed by atoms with van der Waals surface area (Å²) in [5, 5.41) is 0. The van der Waals surface area contributed by atoms with Gasteiger partial charge in [0.05, 0.1) is 0 Å². The summed E-state index contributed by atoms with van der Waals surface area (Å²) < 4.78 is 0. The Labute approximate surface area is 127 Å². The predicted octanol–water partition coefficient (Wildman–Crippen LogP) is 5.46. The van der Waals surface area contributed by atoms with Crippen molar-refractivity contribution in [2.24, 2.45) is 0 Å². The summed E-state index contributed by atoms with van der Waals surface area (Å²) in [4.78, 5) is 0. The summed E-state index contributed by atoms with van der Waals surface area (Å²) in [6, 6.07) is 32.1. The second kappa shape index (κ2) is 6.41. The van der Waals surface area contributed by atoms with E-state index in [0.29, 0.717) is 5.92 Å². The Hall–Kier alpha value is -2.34. The topological polar surface area (TPSA) is 0 Å². The van der Waals surface area contributed by atoms with Gasteiger partial charge in [-0.05, 0) is 16.7 Å². The zero-order chi connectivity index (χ0) is 14.5. The van der Waals surface area contributed by atoms with E-state index in [2.05, 4.69) is 97.9 Å². The van der Waals surface area contributed by atoms with E-state index in [-0.39, 0.29) is 0 Å². The highest BCUT2D eigenvalue weighted by Gasteiger charge is 2.22. The van der Waals surface area contributed by atoms with Crippen LogP contribution in [0.15, 0.2) is 91.0 Å². The molecule has 0 aliphatic rings. The van der Waals surface area contributed by atoms with Crippen molar-refractivity contribution < 1.29 is 0 Å². The summed E-state index contributed by atoms with van der Waals surface area (Å²) in [5.74, 6) is 1.68. The van der Waals surface area contributed by atoms with Crippen molar-refractivity contribution in [1.29, 1.82) is 0 Å². The van der Waals surface area contributed by atoms with Gasteiger partial charge in [0.1, 0.15) is 0 Å². The lowest BCUT2D eigenvalue weighted by atomic mass is 9.78. The molecule has 3 aromatic rings. The van der Waals surface area contributed by atoms with E-state index < -0.39 is 0 Å². The third kappa shape index (κ3) is 3.05. The first-order chi connectivity index (χ1) is 10.4. The molecule has 0 bridgehead atoms. The van der Waals surface area contributed by atoms with E-state index in [4.69, 9.17) is 0 Å². The van der Waals surface area contributed by atoms with Gasteiger partial charge in [0.2, 0.25) is 0 Å². The number of benzene rings is 3. The molecule has 0 aromatic heterocycles. The smallest absolute Gasteiger partial charge is 0.0192 e. The highest BCUT2D eigenvalue weighted by Crippen LogP contribution is 2.37. The Kier molecular flexibility index (Phi) is 4.16. The molecule has 3 rings (SSSR count). The molecule has 0 heteroatoms. The monoisotopic (exact) mass is 271 g/mol. The molecular formula is C21H19. The third-order valence-electron chi connectivity index (χ3n) is 3.93. The SMILES string of the molecule is C[C](c1ccccc1)C(c1ccccc1)c1ccccc1. The van der Waals surface area contributed by atoms with Gasteiger partial charge in [-0.3, -0.25) is 0 Å². The predicted molar refractivity (Wildman–Crippen MR) is 89.2 cm³/mol. The summed E-state index contributed by atoms with van der Waals surface area (Å²) in [7, 11) is 0. The Bertz CT molecular complexity index is 617. The Morgan fingerprint density at radius 2 is 0.952 bits per heavy atom. The van der Waals surface area contributed by atoms with E-state index >= 15 is 0 Å². The molecule has 0 saturated heterocycles. The zero-order valence-corrected chi connectivity index (χ0v) is 12.2. The molecule has 0 amide bonds. The van der Waals surface area contributed by atoms with Gasteiger partial charge in [-0.15, -0.1) is 0 Å². The molecule has 0 heterocycles. The van der Waals surface area contributed by atoms with Crippen LogP contribution in [0, 0.1) is 5.92 Å². The maximum atomic E-state index is 2.24. The molecule has 0 aliphatic carbocycles. The fraction of sp³-hybridized carbons (Fsp3) is 0.0952. The summed E-state index contributed by atoms with van der Waals surface area (Å²) in [5.41, 5.74) is 3.98. The molecule has 0 N–H and O–H groups in total.